The topological polar surface area (TPSA) is 36.7 Å². The predicted molar refractivity (Wildman–Crippen MR) is 106 cm³/mol. The summed E-state index contributed by atoms with van der Waals surface area (Å²) in [5.74, 6) is 0. The third-order valence-corrected chi connectivity index (χ3v) is 5.25. The molecular formula is C20H18Cl2N2O2. The Hall–Kier alpha value is -2.01. The molecule has 0 N–H and O–H groups in total. The molecule has 6 heteroatoms. The minimum atomic E-state index is -0.0684. The van der Waals surface area contributed by atoms with Gasteiger partial charge in [-0.25, -0.2) is 0 Å². The number of rotatable bonds is 3. The van der Waals surface area contributed by atoms with Crippen molar-refractivity contribution in [2.24, 2.45) is 0 Å². The van der Waals surface area contributed by atoms with Crippen LogP contribution in [0, 0.1) is 0 Å². The summed E-state index contributed by atoms with van der Waals surface area (Å²) in [4.78, 5) is 17.4. The van der Waals surface area contributed by atoms with Gasteiger partial charge in [0.25, 0.3) is 0 Å². The van der Waals surface area contributed by atoms with Crippen LogP contribution in [-0.2, 0) is 6.54 Å². The van der Waals surface area contributed by atoms with Gasteiger partial charge < -0.3 is 9.32 Å². The summed E-state index contributed by atoms with van der Waals surface area (Å²) < 4.78 is 5.61. The normalized spacial score (nSPS) is 15.5. The first-order valence-electron chi connectivity index (χ1n) is 8.53. The number of piperazine rings is 1. The van der Waals surface area contributed by atoms with Crippen LogP contribution in [0.15, 0.2) is 57.9 Å². The van der Waals surface area contributed by atoms with Crippen molar-refractivity contribution in [2.75, 3.05) is 31.1 Å². The van der Waals surface area contributed by atoms with E-state index in [1.807, 2.05) is 6.07 Å². The first kappa shape index (κ1) is 17.4. The fraction of sp³-hybridized carbons (Fsp3) is 0.250. The molecule has 0 amide bonds. The van der Waals surface area contributed by atoms with Gasteiger partial charge in [0.15, 0.2) is 11.0 Å². The number of hydrogen-bond donors (Lipinski definition) is 0. The molecule has 1 fully saturated rings. The van der Waals surface area contributed by atoms with Gasteiger partial charge >= 0.3 is 0 Å². The Kier molecular flexibility index (Phi) is 4.90. The molecule has 26 heavy (non-hydrogen) atoms. The molecule has 134 valence electrons. The molecule has 1 aliphatic rings. The first-order chi connectivity index (χ1) is 12.6. The second kappa shape index (κ2) is 7.31. The summed E-state index contributed by atoms with van der Waals surface area (Å²) in [7, 11) is 0. The molecule has 0 unspecified atom stereocenters. The van der Waals surface area contributed by atoms with Gasteiger partial charge in [0.2, 0.25) is 0 Å². The second-order valence-corrected chi connectivity index (χ2v) is 7.30. The van der Waals surface area contributed by atoms with Gasteiger partial charge in [-0.1, -0.05) is 41.4 Å². The van der Waals surface area contributed by atoms with Crippen LogP contribution in [0.5, 0.6) is 0 Å². The lowest BCUT2D eigenvalue weighted by atomic mass is 10.1. The minimum Gasteiger partial charge on any atom is -0.462 e. The molecular weight excluding hydrogens is 371 g/mol. The number of nitrogens with zero attached hydrogens (tertiary/aromatic N) is 2. The van der Waals surface area contributed by atoms with E-state index in [1.165, 1.54) is 12.0 Å². The zero-order valence-electron chi connectivity index (χ0n) is 14.1. The van der Waals surface area contributed by atoms with Gasteiger partial charge in [-0.3, -0.25) is 9.69 Å². The molecule has 0 saturated carbocycles. The highest BCUT2D eigenvalue weighted by Gasteiger charge is 2.19. The van der Waals surface area contributed by atoms with E-state index in [-0.39, 0.29) is 5.43 Å². The maximum absolute atomic E-state index is 12.8. The molecule has 0 bridgehead atoms. The lowest BCUT2D eigenvalue weighted by Gasteiger charge is -2.36. The molecule has 2 heterocycles. The Morgan fingerprint density at radius 3 is 2.46 bits per heavy atom. The number of para-hydroxylation sites is 1. The van der Waals surface area contributed by atoms with Gasteiger partial charge in [0, 0.05) is 49.0 Å². The van der Waals surface area contributed by atoms with Crippen molar-refractivity contribution in [2.45, 2.75) is 6.54 Å². The van der Waals surface area contributed by atoms with Gasteiger partial charge in [-0.2, -0.15) is 0 Å². The first-order valence-corrected chi connectivity index (χ1v) is 9.29. The Morgan fingerprint density at radius 2 is 1.73 bits per heavy atom. The van der Waals surface area contributed by atoms with Crippen LogP contribution in [0.3, 0.4) is 0 Å². The molecule has 1 aliphatic heterocycles. The third kappa shape index (κ3) is 3.45. The van der Waals surface area contributed by atoms with Crippen molar-refractivity contribution >= 4 is 39.9 Å². The summed E-state index contributed by atoms with van der Waals surface area (Å²) in [6, 6.07) is 13.6. The largest absolute Gasteiger partial charge is 0.462 e. The van der Waals surface area contributed by atoms with Crippen molar-refractivity contribution in [1.29, 1.82) is 0 Å². The monoisotopic (exact) mass is 388 g/mol. The van der Waals surface area contributed by atoms with Gasteiger partial charge in [0.05, 0.1) is 16.7 Å². The number of hydrogen-bond acceptors (Lipinski definition) is 4. The van der Waals surface area contributed by atoms with E-state index in [2.05, 4.69) is 34.1 Å². The van der Waals surface area contributed by atoms with Crippen LogP contribution < -0.4 is 10.3 Å². The summed E-state index contributed by atoms with van der Waals surface area (Å²) >= 11 is 12.2. The average Bonchev–Trinajstić information content (AvgIpc) is 2.66. The van der Waals surface area contributed by atoms with E-state index in [4.69, 9.17) is 27.6 Å². The van der Waals surface area contributed by atoms with Gasteiger partial charge in [-0.15, -0.1) is 0 Å². The molecule has 1 aromatic heterocycles. The highest BCUT2D eigenvalue weighted by molar-refractivity contribution is 6.38. The van der Waals surface area contributed by atoms with Crippen molar-refractivity contribution in [1.82, 2.24) is 4.90 Å². The fourth-order valence-corrected chi connectivity index (χ4v) is 3.90. The fourth-order valence-electron chi connectivity index (χ4n) is 3.36. The van der Waals surface area contributed by atoms with Gasteiger partial charge in [0.1, 0.15) is 0 Å². The molecule has 0 atom stereocenters. The lowest BCUT2D eigenvalue weighted by molar-refractivity contribution is 0.247. The molecule has 0 aliphatic carbocycles. The predicted octanol–water partition coefficient (Wildman–Crippen LogP) is 4.42. The Bertz CT molecular complexity index is 980. The van der Waals surface area contributed by atoms with Crippen LogP contribution in [-0.4, -0.2) is 31.1 Å². The number of anilines is 1. The molecule has 0 spiro atoms. The molecule has 2 aromatic carbocycles. The van der Waals surface area contributed by atoms with Crippen molar-refractivity contribution in [3.05, 3.63) is 74.6 Å². The highest BCUT2D eigenvalue weighted by Crippen LogP contribution is 2.26. The van der Waals surface area contributed by atoms with E-state index >= 15 is 0 Å². The number of fused-ring (bicyclic) bond motifs is 1. The quantitative estimate of drug-likeness (QED) is 0.665. The van der Waals surface area contributed by atoms with Crippen LogP contribution in [0.25, 0.3) is 11.0 Å². The number of halogens is 2. The maximum atomic E-state index is 12.8. The summed E-state index contributed by atoms with van der Waals surface area (Å²) in [5.41, 5.74) is 2.19. The zero-order valence-corrected chi connectivity index (χ0v) is 15.6. The second-order valence-electron chi connectivity index (χ2n) is 6.45. The molecule has 3 aromatic rings. The summed E-state index contributed by atoms with van der Waals surface area (Å²) in [6.07, 6.45) is 1.52. The Balaban J connectivity index is 1.50. The molecule has 1 saturated heterocycles. The summed E-state index contributed by atoms with van der Waals surface area (Å²) in [6.45, 7) is 4.21. The van der Waals surface area contributed by atoms with Crippen LogP contribution >= 0.6 is 23.2 Å². The third-order valence-electron chi connectivity index (χ3n) is 4.75. The van der Waals surface area contributed by atoms with Crippen molar-refractivity contribution in [3.8, 4) is 0 Å². The van der Waals surface area contributed by atoms with Gasteiger partial charge in [-0.05, 0) is 24.3 Å². The Morgan fingerprint density at radius 1 is 1.00 bits per heavy atom. The maximum Gasteiger partial charge on any atom is 0.197 e. The van der Waals surface area contributed by atoms with E-state index in [0.29, 0.717) is 33.1 Å². The summed E-state index contributed by atoms with van der Waals surface area (Å²) in [5, 5.41) is 1.22. The van der Waals surface area contributed by atoms with Crippen LogP contribution in [0.4, 0.5) is 5.69 Å². The van der Waals surface area contributed by atoms with E-state index in [0.717, 1.165) is 26.2 Å². The zero-order chi connectivity index (χ0) is 18.1. The highest BCUT2D eigenvalue weighted by atomic mass is 35.5. The van der Waals surface area contributed by atoms with Crippen molar-refractivity contribution < 1.29 is 4.42 Å². The van der Waals surface area contributed by atoms with Crippen LogP contribution in [0.1, 0.15) is 5.56 Å². The standard InChI is InChI=1S/C20H18Cl2N2O2/c21-15-10-17-19(25)14(13-26-20(17)18(22)11-15)12-23-6-8-24(9-7-23)16-4-2-1-3-5-16/h1-5,10-11,13H,6-9,12H2. The van der Waals surface area contributed by atoms with E-state index < -0.39 is 0 Å². The molecule has 4 nitrogen and oxygen atoms in total. The van der Waals surface area contributed by atoms with E-state index in [1.54, 1.807) is 12.1 Å². The van der Waals surface area contributed by atoms with Crippen LogP contribution in [0.2, 0.25) is 10.0 Å². The SMILES string of the molecule is O=c1c(CN2CCN(c3ccccc3)CC2)coc2c(Cl)cc(Cl)cc12. The smallest absolute Gasteiger partial charge is 0.197 e. The molecule has 4 rings (SSSR count). The van der Waals surface area contributed by atoms with E-state index in [9.17, 15) is 4.79 Å². The average molecular weight is 389 g/mol. The molecule has 0 radical (unpaired) electrons. The Labute approximate surface area is 161 Å². The van der Waals surface area contributed by atoms with Crippen molar-refractivity contribution in [3.63, 3.8) is 0 Å². The minimum absolute atomic E-state index is 0.0684. The number of benzene rings is 2. The lowest BCUT2D eigenvalue weighted by Crippen LogP contribution is -2.46.